The van der Waals surface area contributed by atoms with Crippen molar-refractivity contribution in [3.63, 3.8) is 0 Å². The second kappa shape index (κ2) is 8.95. The van der Waals surface area contributed by atoms with Gasteiger partial charge >= 0.3 is 0 Å². The normalized spacial score (nSPS) is 27.1. The molecular weight excluding hydrogens is 256 g/mol. The third kappa shape index (κ3) is 4.97. The molecule has 5 heteroatoms. The molecule has 0 aromatic heterocycles. The topological polar surface area (TPSA) is 43.0 Å². The van der Waals surface area contributed by atoms with E-state index < -0.39 is 0 Å². The zero-order valence-electron chi connectivity index (χ0n) is 13.0. The zero-order chi connectivity index (χ0) is 14.2. The van der Waals surface area contributed by atoms with Crippen LogP contribution in [-0.4, -0.2) is 69.3 Å². The van der Waals surface area contributed by atoms with Gasteiger partial charge in [0, 0.05) is 45.3 Å². The molecular formula is C15H30N2O3. The summed E-state index contributed by atoms with van der Waals surface area (Å²) in [5, 5.41) is 3.47. The van der Waals surface area contributed by atoms with Gasteiger partial charge in [0.05, 0.1) is 12.7 Å². The number of hydrogen-bond acceptors (Lipinski definition) is 5. The lowest BCUT2D eigenvalue weighted by Crippen LogP contribution is -2.49. The molecule has 118 valence electrons. The first-order valence-corrected chi connectivity index (χ1v) is 8.13. The largest absolute Gasteiger partial charge is 0.374 e. The fourth-order valence-electron chi connectivity index (χ4n) is 3.08. The van der Waals surface area contributed by atoms with Crippen LogP contribution in [0.2, 0.25) is 0 Å². The molecule has 2 heterocycles. The molecule has 20 heavy (non-hydrogen) atoms. The number of hydrogen-bond donors (Lipinski definition) is 1. The average molecular weight is 286 g/mol. The van der Waals surface area contributed by atoms with E-state index in [-0.39, 0.29) is 6.29 Å². The summed E-state index contributed by atoms with van der Waals surface area (Å²) in [6.45, 7) is 10.5. The Kier molecular flexibility index (Phi) is 7.24. The van der Waals surface area contributed by atoms with Gasteiger partial charge in [0.25, 0.3) is 0 Å². The maximum atomic E-state index is 5.93. The van der Waals surface area contributed by atoms with Gasteiger partial charge in [0.2, 0.25) is 0 Å². The molecule has 2 atom stereocenters. The van der Waals surface area contributed by atoms with Gasteiger partial charge in [-0.3, -0.25) is 4.90 Å². The van der Waals surface area contributed by atoms with E-state index in [9.17, 15) is 0 Å². The van der Waals surface area contributed by atoms with Crippen LogP contribution in [0.3, 0.4) is 0 Å². The van der Waals surface area contributed by atoms with E-state index >= 15 is 0 Å². The summed E-state index contributed by atoms with van der Waals surface area (Å²) in [7, 11) is 0. The van der Waals surface area contributed by atoms with Crippen LogP contribution in [0.1, 0.15) is 33.1 Å². The lowest BCUT2D eigenvalue weighted by molar-refractivity contribution is -0.139. The van der Waals surface area contributed by atoms with Gasteiger partial charge in [-0.15, -0.1) is 0 Å². The minimum absolute atomic E-state index is 0.0762. The van der Waals surface area contributed by atoms with E-state index in [4.69, 9.17) is 14.2 Å². The fraction of sp³-hybridized carbons (Fsp3) is 1.00. The highest BCUT2D eigenvalue weighted by atomic mass is 16.7. The summed E-state index contributed by atoms with van der Waals surface area (Å²) in [4.78, 5) is 2.58. The Bertz CT molecular complexity index is 260. The van der Waals surface area contributed by atoms with E-state index in [1.54, 1.807) is 0 Å². The second-order valence-electron chi connectivity index (χ2n) is 5.58. The van der Waals surface area contributed by atoms with Crippen molar-refractivity contribution in [2.75, 3.05) is 46.0 Å². The average Bonchev–Trinajstić information content (AvgIpc) is 2.91. The molecule has 0 aliphatic carbocycles. The van der Waals surface area contributed by atoms with Crippen molar-refractivity contribution in [2.45, 2.75) is 51.5 Å². The Labute approximate surface area is 122 Å². The Morgan fingerprint density at radius 2 is 2.10 bits per heavy atom. The lowest BCUT2D eigenvalue weighted by Gasteiger charge is -2.35. The number of morpholine rings is 1. The smallest absolute Gasteiger partial charge is 0.158 e. The third-order valence-corrected chi connectivity index (χ3v) is 4.10. The molecule has 2 aliphatic rings. The zero-order valence-corrected chi connectivity index (χ0v) is 13.0. The minimum atomic E-state index is -0.0762. The van der Waals surface area contributed by atoms with Crippen LogP contribution in [0.4, 0.5) is 0 Å². The standard InChI is InChI=1S/C15H30N2O3/c1-3-18-15(19-4-2)7-8-16-10-14-11-17-9-5-6-13(17)12-20-14/h13-16H,3-12H2,1-2H3. The van der Waals surface area contributed by atoms with Gasteiger partial charge < -0.3 is 19.5 Å². The Morgan fingerprint density at radius 3 is 2.85 bits per heavy atom. The second-order valence-corrected chi connectivity index (χ2v) is 5.58. The predicted molar refractivity (Wildman–Crippen MR) is 78.9 cm³/mol. The number of nitrogens with zero attached hydrogens (tertiary/aromatic N) is 1. The van der Waals surface area contributed by atoms with Gasteiger partial charge in [-0.2, -0.15) is 0 Å². The van der Waals surface area contributed by atoms with Crippen molar-refractivity contribution in [3.05, 3.63) is 0 Å². The molecule has 5 nitrogen and oxygen atoms in total. The minimum Gasteiger partial charge on any atom is -0.374 e. The lowest BCUT2D eigenvalue weighted by atomic mass is 10.2. The van der Waals surface area contributed by atoms with E-state index in [2.05, 4.69) is 10.2 Å². The molecule has 2 unspecified atom stereocenters. The number of fused-ring (bicyclic) bond motifs is 1. The predicted octanol–water partition coefficient (Wildman–Crippen LogP) is 1.23. The quantitative estimate of drug-likeness (QED) is 0.510. The summed E-state index contributed by atoms with van der Waals surface area (Å²) in [6.07, 6.45) is 3.79. The van der Waals surface area contributed by atoms with E-state index in [1.165, 1.54) is 19.4 Å². The van der Waals surface area contributed by atoms with Crippen LogP contribution < -0.4 is 5.32 Å². The van der Waals surface area contributed by atoms with E-state index in [0.717, 1.165) is 32.7 Å². The molecule has 0 amide bonds. The first-order valence-electron chi connectivity index (χ1n) is 8.13. The Hall–Kier alpha value is -0.200. The van der Waals surface area contributed by atoms with Gasteiger partial charge in [0.15, 0.2) is 6.29 Å². The van der Waals surface area contributed by atoms with Crippen LogP contribution in [0, 0.1) is 0 Å². The van der Waals surface area contributed by atoms with Crippen molar-refractivity contribution in [2.24, 2.45) is 0 Å². The van der Waals surface area contributed by atoms with Crippen molar-refractivity contribution in [1.29, 1.82) is 0 Å². The van der Waals surface area contributed by atoms with E-state index in [1.807, 2.05) is 13.8 Å². The molecule has 0 radical (unpaired) electrons. The summed E-state index contributed by atoms with van der Waals surface area (Å²) in [6, 6.07) is 0.687. The highest BCUT2D eigenvalue weighted by molar-refractivity contribution is 4.85. The Balaban J connectivity index is 1.56. The molecule has 1 N–H and O–H groups in total. The third-order valence-electron chi connectivity index (χ3n) is 4.10. The fourth-order valence-corrected chi connectivity index (χ4v) is 3.08. The summed E-state index contributed by atoms with van der Waals surface area (Å²) >= 11 is 0. The van der Waals surface area contributed by atoms with Crippen LogP contribution in [0.25, 0.3) is 0 Å². The maximum Gasteiger partial charge on any atom is 0.158 e. The summed E-state index contributed by atoms with van der Waals surface area (Å²) in [5.74, 6) is 0. The van der Waals surface area contributed by atoms with Crippen molar-refractivity contribution in [3.8, 4) is 0 Å². The van der Waals surface area contributed by atoms with Crippen LogP contribution in [0.15, 0.2) is 0 Å². The Morgan fingerprint density at radius 1 is 1.30 bits per heavy atom. The van der Waals surface area contributed by atoms with Crippen molar-refractivity contribution >= 4 is 0 Å². The summed E-state index contributed by atoms with van der Waals surface area (Å²) in [5.41, 5.74) is 0. The van der Waals surface area contributed by atoms with E-state index in [0.29, 0.717) is 25.4 Å². The molecule has 0 aromatic carbocycles. The molecule has 0 bridgehead atoms. The van der Waals surface area contributed by atoms with Crippen LogP contribution in [0.5, 0.6) is 0 Å². The molecule has 2 rings (SSSR count). The van der Waals surface area contributed by atoms with Gasteiger partial charge in [-0.05, 0) is 33.2 Å². The molecule has 2 saturated heterocycles. The number of rotatable bonds is 9. The summed E-state index contributed by atoms with van der Waals surface area (Å²) < 4.78 is 17.0. The maximum absolute atomic E-state index is 5.93. The van der Waals surface area contributed by atoms with Gasteiger partial charge in [0.1, 0.15) is 0 Å². The SMILES string of the molecule is CCOC(CCNCC1CN2CCCC2CO1)OCC. The van der Waals surface area contributed by atoms with Crippen LogP contribution >= 0.6 is 0 Å². The van der Waals surface area contributed by atoms with Crippen molar-refractivity contribution in [1.82, 2.24) is 10.2 Å². The molecule has 0 spiro atoms. The van der Waals surface area contributed by atoms with Gasteiger partial charge in [-0.25, -0.2) is 0 Å². The number of nitrogens with one attached hydrogen (secondary N) is 1. The molecule has 0 aromatic rings. The highest BCUT2D eigenvalue weighted by Gasteiger charge is 2.31. The van der Waals surface area contributed by atoms with Crippen molar-refractivity contribution < 1.29 is 14.2 Å². The number of ether oxygens (including phenoxy) is 3. The first kappa shape index (κ1) is 16.2. The highest BCUT2D eigenvalue weighted by Crippen LogP contribution is 2.22. The molecule has 0 saturated carbocycles. The molecule has 2 aliphatic heterocycles. The van der Waals surface area contributed by atoms with Crippen LogP contribution in [-0.2, 0) is 14.2 Å². The van der Waals surface area contributed by atoms with Gasteiger partial charge in [-0.1, -0.05) is 0 Å². The monoisotopic (exact) mass is 286 g/mol. The molecule has 2 fully saturated rings. The first-order chi connectivity index (χ1) is 9.83.